The van der Waals surface area contributed by atoms with E-state index < -0.39 is 30.7 Å². The Balaban J connectivity index is 2.63. The second-order valence-corrected chi connectivity index (χ2v) is 3.57. The van der Waals surface area contributed by atoms with E-state index in [1.54, 1.807) is 0 Å². The Morgan fingerprint density at radius 2 is 1.58 bits per heavy atom. The average Bonchev–Trinajstić information content (AvgIpc) is 2.08. The van der Waals surface area contributed by atoms with Gasteiger partial charge in [0.1, 0.15) is 18.3 Å². The Morgan fingerprint density at radius 3 is 2.08 bits per heavy atom. The van der Waals surface area contributed by atoms with Crippen molar-refractivity contribution in [3.63, 3.8) is 0 Å². The monoisotopic (exact) mass is 290 g/mol. The summed E-state index contributed by atoms with van der Waals surface area (Å²) < 4.78 is 5.26. The summed E-state index contributed by atoms with van der Waals surface area (Å²) in [4.78, 5) is 0. The molecular formula is C6H11IO5. The van der Waals surface area contributed by atoms with Crippen LogP contribution in [0.25, 0.3) is 0 Å². The Kier molecular flexibility index (Phi) is 3.68. The van der Waals surface area contributed by atoms with Crippen LogP contribution in [-0.4, -0.2) is 55.6 Å². The zero-order chi connectivity index (χ0) is 9.30. The minimum Gasteiger partial charge on any atom is -0.388 e. The number of hydrogen-bond acceptors (Lipinski definition) is 5. The Morgan fingerprint density at radius 1 is 1.00 bits per heavy atom. The third-order valence-electron chi connectivity index (χ3n) is 1.84. The molecule has 1 heterocycles. The van der Waals surface area contributed by atoms with Crippen molar-refractivity contribution < 1.29 is 25.2 Å². The highest BCUT2D eigenvalue weighted by atomic mass is 127. The molecule has 1 saturated heterocycles. The quantitative estimate of drug-likeness (QED) is 0.339. The van der Waals surface area contributed by atoms with Gasteiger partial charge >= 0.3 is 0 Å². The Bertz CT molecular complexity index is 150. The minimum atomic E-state index is -1.43. The molecule has 0 aliphatic carbocycles. The summed E-state index contributed by atoms with van der Waals surface area (Å²) in [6.45, 7) is 0. The van der Waals surface area contributed by atoms with Crippen molar-refractivity contribution >= 4 is 22.6 Å². The molecule has 1 aliphatic heterocycles. The summed E-state index contributed by atoms with van der Waals surface area (Å²) in [7, 11) is 0. The molecular weight excluding hydrogens is 279 g/mol. The number of hydrogen-bond donors (Lipinski definition) is 4. The number of ether oxygens (including phenoxy) is 1. The highest BCUT2D eigenvalue weighted by molar-refractivity contribution is 14.1. The van der Waals surface area contributed by atoms with E-state index in [-0.39, 0.29) is 0 Å². The molecule has 72 valence electrons. The van der Waals surface area contributed by atoms with Gasteiger partial charge in [-0.05, 0) is 0 Å². The lowest BCUT2D eigenvalue weighted by Gasteiger charge is -2.37. The maximum Gasteiger partial charge on any atom is 0.183 e. The van der Waals surface area contributed by atoms with Gasteiger partial charge in [-0.25, -0.2) is 0 Å². The molecule has 1 aliphatic rings. The van der Waals surface area contributed by atoms with Gasteiger partial charge in [0.2, 0.25) is 0 Å². The van der Waals surface area contributed by atoms with E-state index in [0.29, 0.717) is 4.43 Å². The van der Waals surface area contributed by atoms with Crippen LogP contribution in [-0.2, 0) is 4.74 Å². The van der Waals surface area contributed by atoms with Gasteiger partial charge in [-0.15, -0.1) is 0 Å². The number of alkyl halides is 1. The molecule has 1 rings (SSSR count). The lowest BCUT2D eigenvalue weighted by molar-refractivity contribution is -0.275. The largest absolute Gasteiger partial charge is 0.388 e. The molecule has 6 heteroatoms. The minimum absolute atomic E-state index is 0.444. The molecule has 5 nitrogen and oxygen atoms in total. The van der Waals surface area contributed by atoms with Crippen LogP contribution in [0.3, 0.4) is 0 Å². The van der Waals surface area contributed by atoms with E-state index in [4.69, 9.17) is 14.9 Å². The molecule has 1 fully saturated rings. The van der Waals surface area contributed by atoms with Crippen LogP contribution < -0.4 is 0 Å². The third-order valence-corrected chi connectivity index (χ3v) is 2.71. The second kappa shape index (κ2) is 4.16. The normalized spacial score (nSPS) is 49.2. The lowest BCUT2D eigenvalue weighted by atomic mass is 10.0. The Labute approximate surface area is 83.1 Å². The first kappa shape index (κ1) is 10.6. The summed E-state index contributed by atoms with van der Waals surface area (Å²) in [6.07, 6.45) is -5.95. The predicted molar refractivity (Wildman–Crippen MR) is 47.8 cm³/mol. The topological polar surface area (TPSA) is 90.2 Å². The van der Waals surface area contributed by atoms with Crippen molar-refractivity contribution in [3.8, 4) is 0 Å². The average molecular weight is 290 g/mol. The Hall–Kier alpha value is 0.530. The number of aliphatic hydroxyl groups is 4. The summed E-state index contributed by atoms with van der Waals surface area (Å²) >= 11 is 1.96. The molecule has 0 aromatic heterocycles. The first-order chi connectivity index (χ1) is 5.57. The summed E-state index contributed by atoms with van der Waals surface area (Å²) in [5, 5.41) is 36.5. The molecule has 0 spiro atoms. The van der Waals surface area contributed by atoms with Gasteiger partial charge in [-0.2, -0.15) is 0 Å². The first-order valence-electron chi connectivity index (χ1n) is 3.51. The van der Waals surface area contributed by atoms with Gasteiger partial charge in [-0.1, -0.05) is 22.6 Å². The molecule has 5 atom stereocenters. The molecule has 0 radical (unpaired) electrons. The van der Waals surface area contributed by atoms with Gasteiger partial charge in [0.05, 0.1) is 6.10 Å². The third kappa shape index (κ3) is 1.88. The second-order valence-electron chi connectivity index (χ2n) is 2.69. The van der Waals surface area contributed by atoms with Crippen molar-refractivity contribution in [1.29, 1.82) is 0 Å². The number of halogens is 1. The van der Waals surface area contributed by atoms with Crippen molar-refractivity contribution in [3.05, 3.63) is 0 Å². The molecule has 0 saturated carbocycles. The molecule has 12 heavy (non-hydrogen) atoms. The smallest absolute Gasteiger partial charge is 0.183 e. The van der Waals surface area contributed by atoms with E-state index in [1.165, 1.54) is 0 Å². The van der Waals surface area contributed by atoms with Gasteiger partial charge in [0, 0.05) is 4.43 Å². The van der Waals surface area contributed by atoms with Crippen molar-refractivity contribution in [1.82, 2.24) is 0 Å². The van der Waals surface area contributed by atoms with Crippen LogP contribution in [0.1, 0.15) is 0 Å². The van der Waals surface area contributed by atoms with Crippen molar-refractivity contribution in [2.75, 3.05) is 4.43 Å². The maximum absolute atomic E-state index is 9.27. The summed E-state index contributed by atoms with van der Waals surface area (Å²) in [5.41, 5.74) is 0. The van der Waals surface area contributed by atoms with Gasteiger partial charge in [0.25, 0.3) is 0 Å². The molecule has 4 N–H and O–H groups in total. The van der Waals surface area contributed by atoms with Crippen molar-refractivity contribution in [2.24, 2.45) is 0 Å². The fourth-order valence-electron chi connectivity index (χ4n) is 1.06. The SMILES string of the molecule is O[C@@H]1[C@@H](O)[C@H](CI)O[C@H](O)[C@H]1O. The highest BCUT2D eigenvalue weighted by Crippen LogP contribution is 2.20. The zero-order valence-electron chi connectivity index (χ0n) is 6.17. The van der Waals surface area contributed by atoms with Crippen LogP contribution >= 0.6 is 22.6 Å². The number of aliphatic hydroxyl groups excluding tert-OH is 4. The summed E-state index contributed by atoms with van der Waals surface area (Å²) in [6, 6.07) is 0. The molecule has 0 unspecified atom stereocenters. The predicted octanol–water partition coefficient (Wildman–Crippen LogP) is -1.78. The van der Waals surface area contributed by atoms with Crippen LogP contribution in [0.5, 0.6) is 0 Å². The van der Waals surface area contributed by atoms with Gasteiger partial charge < -0.3 is 25.2 Å². The van der Waals surface area contributed by atoms with Gasteiger partial charge in [0.15, 0.2) is 6.29 Å². The van der Waals surface area contributed by atoms with E-state index >= 15 is 0 Å². The molecule has 0 amide bonds. The fourth-order valence-corrected chi connectivity index (χ4v) is 1.79. The van der Waals surface area contributed by atoms with Crippen LogP contribution in [0.15, 0.2) is 0 Å². The van der Waals surface area contributed by atoms with Crippen LogP contribution in [0.4, 0.5) is 0 Å². The lowest BCUT2D eigenvalue weighted by Crippen LogP contribution is -2.57. The number of rotatable bonds is 1. The van der Waals surface area contributed by atoms with E-state index in [2.05, 4.69) is 0 Å². The maximum atomic E-state index is 9.27. The van der Waals surface area contributed by atoms with Crippen LogP contribution in [0.2, 0.25) is 0 Å². The fraction of sp³-hybridized carbons (Fsp3) is 1.00. The molecule has 0 bridgehead atoms. The van der Waals surface area contributed by atoms with Crippen molar-refractivity contribution in [2.45, 2.75) is 30.7 Å². The molecule has 0 aromatic carbocycles. The highest BCUT2D eigenvalue weighted by Gasteiger charge is 2.42. The van der Waals surface area contributed by atoms with E-state index in [9.17, 15) is 10.2 Å². The standard InChI is InChI=1S/C6H11IO5/c7-1-2-3(8)4(9)5(10)6(11)12-2/h2-6,8-11H,1H2/t2-,3-,4+,5-,6-/m0/s1. The van der Waals surface area contributed by atoms with Crippen LogP contribution in [0, 0.1) is 0 Å². The van der Waals surface area contributed by atoms with Gasteiger partial charge in [-0.3, -0.25) is 0 Å². The molecule has 0 aromatic rings. The first-order valence-corrected chi connectivity index (χ1v) is 5.04. The summed E-state index contributed by atoms with van der Waals surface area (Å²) in [5.74, 6) is 0. The van der Waals surface area contributed by atoms with E-state index in [1.807, 2.05) is 22.6 Å². The zero-order valence-corrected chi connectivity index (χ0v) is 8.33. The van der Waals surface area contributed by atoms with E-state index in [0.717, 1.165) is 0 Å².